The third-order valence-corrected chi connectivity index (χ3v) is 10.0. The number of rotatable bonds is 8. The molecule has 7 heteroatoms. The molecule has 0 atom stereocenters. The minimum atomic E-state index is -0.946. The second kappa shape index (κ2) is 26.6. The highest BCUT2D eigenvalue weighted by molar-refractivity contribution is 5.66. The summed E-state index contributed by atoms with van der Waals surface area (Å²) in [6, 6.07) is 43.9. The van der Waals surface area contributed by atoms with E-state index in [1.807, 2.05) is 12.1 Å². The molecule has 326 valence electrons. The number of benzene rings is 5. The molecule has 0 aromatic heterocycles. The molecule has 1 aliphatic carbocycles. The van der Waals surface area contributed by atoms with Crippen LogP contribution < -0.4 is 4.74 Å². The third-order valence-electron chi connectivity index (χ3n) is 10.0. The lowest BCUT2D eigenvalue weighted by atomic mass is 9.65. The van der Waals surface area contributed by atoms with Gasteiger partial charge in [-0.2, -0.15) is 0 Å². The van der Waals surface area contributed by atoms with Crippen LogP contribution in [-0.4, -0.2) is 39.9 Å². The van der Waals surface area contributed by atoms with Crippen molar-refractivity contribution >= 4 is 12.1 Å². The fourth-order valence-electron chi connectivity index (χ4n) is 6.54. The first-order chi connectivity index (χ1) is 27.7. The molecule has 1 aliphatic rings. The van der Waals surface area contributed by atoms with Gasteiger partial charge < -0.3 is 23.7 Å². The zero-order chi connectivity index (χ0) is 42.6. The van der Waals surface area contributed by atoms with E-state index in [0.29, 0.717) is 0 Å². The molecule has 5 aromatic rings. The van der Waals surface area contributed by atoms with Crippen molar-refractivity contribution in [2.75, 3.05) is 27.8 Å². The first-order valence-electron chi connectivity index (χ1n) is 20.0. The van der Waals surface area contributed by atoms with Gasteiger partial charge in [-0.3, -0.25) is 4.79 Å². The Bertz CT molecular complexity index is 1830. The fraction of sp³-hybridized carbons (Fsp3) is 0.396. The van der Waals surface area contributed by atoms with Gasteiger partial charge >= 0.3 is 12.1 Å². The van der Waals surface area contributed by atoms with E-state index >= 15 is 0 Å². The van der Waals surface area contributed by atoms with E-state index in [1.54, 1.807) is 7.11 Å². The first kappa shape index (κ1) is 52.6. The van der Waals surface area contributed by atoms with Gasteiger partial charge in [-0.1, -0.05) is 186 Å². The van der Waals surface area contributed by atoms with Gasteiger partial charge in [-0.05, 0) is 85.9 Å². The standard InChI is InChI=1S/C20H24.C14H14.C11H16O.C6H10O6.2CH4/c1-16-6-10-18(11-7-16)20(14-4-3-5-15-20)19-12-8-17(2)9-13-19;1-11-3-7-13(8-4-11)14-9-5-12(2)6-10-14;1-11(2,3)9-5-7-10(12-4)8-6-9;1-5(7)10-4-12-6(8)11-3-9-2;;/h6-13H,3-5,14-15H2,1-2H3;3-10H,1-2H3;5-8H,1-4H3;3-4H2,1-2H3;2*1H4. The van der Waals surface area contributed by atoms with Crippen molar-refractivity contribution in [3.8, 4) is 16.9 Å². The SMILES string of the molecule is C.C.COCOC(=O)OCOC(C)=O.COc1ccc(C(C)(C)C)cc1.Cc1ccc(-c2ccc(C)cc2)cc1.Cc1ccc(C2(c3ccc(C)cc3)CCCCC2)cc1. The van der Waals surface area contributed by atoms with Gasteiger partial charge in [0.15, 0.2) is 6.79 Å². The Morgan fingerprint density at radius 2 is 0.917 bits per heavy atom. The Kier molecular flexibility index (Phi) is 23.4. The summed E-state index contributed by atoms with van der Waals surface area (Å²) in [6.45, 7) is 15.7. The summed E-state index contributed by atoms with van der Waals surface area (Å²) in [4.78, 5) is 20.6. The lowest BCUT2D eigenvalue weighted by Crippen LogP contribution is -2.30. The molecule has 0 radical (unpaired) electrons. The zero-order valence-electron chi connectivity index (χ0n) is 36.4. The maximum absolute atomic E-state index is 10.5. The van der Waals surface area contributed by atoms with Crippen LogP contribution in [0.5, 0.6) is 5.75 Å². The van der Waals surface area contributed by atoms with E-state index in [9.17, 15) is 9.59 Å². The van der Waals surface area contributed by atoms with Gasteiger partial charge in [0.05, 0.1) is 7.11 Å². The van der Waals surface area contributed by atoms with Crippen molar-refractivity contribution in [3.63, 3.8) is 0 Å². The van der Waals surface area contributed by atoms with Crippen LogP contribution in [0.3, 0.4) is 0 Å². The number of hydrogen-bond donors (Lipinski definition) is 0. The summed E-state index contributed by atoms with van der Waals surface area (Å²) >= 11 is 0. The quantitative estimate of drug-likeness (QED) is 0.114. The highest BCUT2D eigenvalue weighted by Gasteiger charge is 2.35. The maximum Gasteiger partial charge on any atom is 0.513 e. The molecule has 60 heavy (non-hydrogen) atoms. The minimum Gasteiger partial charge on any atom is -0.497 e. The predicted molar refractivity (Wildman–Crippen MR) is 249 cm³/mol. The second-order valence-corrected chi connectivity index (χ2v) is 15.8. The Labute approximate surface area is 362 Å². The lowest BCUT2D eigenvalue weighted by Gasteiger charge is -2.38. The molecule has 1 fully saturated rings. The van der Waals surface area contributed by atoms with Gasteiger partial charge in [0.2, 0.25) is 6.79 Å². The van der Waals surface area contributed by atoms with Gasteiger partial charge in [-0.15, -0.1) is 0 Å². The number of hydrogen-bond acceptors (Lipinski definition) is 7. The lowest BCUT2D eigenvalue weighted by molar-refractivity contribution is -0.151. The summed E-state index contributed by atoms with van der Waals surface area (Å²) in [5, 5.41) is 0. The fourth-order valence-corrected chi connectivity index (χ4v) is 6.54. The Morgan fingerprint density at radius 1 is 0.533 bits per heavy atom. The van der Waals surface area contributed by atoms with Crippen molar-refractivity contribution in [2.45, 2.75) is 113 Å². The monoisotopic (exact) mass is 821 g/mol. The van der Waals surface area contributed by atoms with E-state index in [-0.39, 0.29) is 32.5 Å². The van der Waals surface area contributed by atoms with Crippen LogP contribution in [0.15, 0.2) is 121 Å². The highest BCUT2D eigenvalue weighted by Crippen LogP contribution is 2.45. The molecular weight excluding hydrogens is 749 g/mol. The van der Waals surface area contributed by atoms with Crippen LogP contribution in [0, 0.1) is 27.7 Å². The van der Waals surface area contributed by atoms with Gasteiger partial charge in [0.25, 0.3) is 0 Å². The number of esters is 1. The molecule has 0 N–H and O–H groups in total. The van der Waals surface area contributed by atoms with E-state index < -0.39 is 18.9 Å². The van der Waals surface area contributed by atoms with Crippen LogP contribution in [0.25, 0.3) is 11.1 Å². The van der Waals surface area contributed by atoms with E-state index in [4.69, 9.17) is 4.74 Å². The second-order valence-electron chi connectivity index (χ2n) is 15.8. The summed E-state index contributed by atoms with van der Waals surface area (Å²) in [6.07, 6.45) is 5.72. The average molecular weight is 821 g/mol. The minimum absolute atomic E-state index is 0. The molecule has 0 aliphatic heterocycles. The van der Waals surface area contributed by atoms with E-state index in [2.05, 4.69) is 177 Å². The summed E-state index contributed by atoms with van der Waals surface area (Å²) in [5.41, 5.74) is 12.7. The van der Waals surface area contributed by atoms with Crippen LogP contribution >= 0.6 is 0 Å². The number of methoxy groups -OCH3 is 2. The van der Waals surface area contributed by atoms with Crippen molar-refractivity contribution in [3.05, 3.63) is 160 Å². The smallest absolute Gasteiger partial charge is 0.497 e. The van der Waals surface area contributed by atoms with Gasteiger partial charge in [0, 0.05) is 19.4 Å². The average Bonchev–Trinajstić information content (AvgIpc) is 3.22. The zero-order valence-corrected chi connectivity index (χ0v) is 36.4. The molecule has 1 saturated carbocycles. The summed E-state index contributed by atoms with van der Waals surface area (Å²) < 4.78 is 22.3. The van der Waals surface area contributed by atoms with Gasteiger partial charge in [0.1, 0.15) is 5.75 Å². The molecule has 5 aromatic carbocycles. The number of ether oxygens (including phenoxy) is 5. The third kappa shape index (κ3) is 17.8. The normalized spacial score (nSPS) is 12.4. The largest absolute Gasteiger partial charge is 0.513 e. The van der Waals surface area contributed by atoms with Crippen molar-refractivity contribution < 1.29 is 33.3 Å². The summed E-state index contributed by atoms with van der Waals surface area (Å²) in [5.74, 6) is 0.387. The Hall–Kier alpha value is -5.40. The molecule has 0 heterocycles. The molecule has 6 rings (SSSR count). The van der Waals surface area contributed by atoms with Crippen LogP contribution in [0.4, 0.5) is 4.79 Å². The molecule has 0 amide bonds. The Balaban J connectivity index is 0.000000407. The van der Waals surface area contributed by atoms with Crippen LogP contribution in [-0.2, 0) is 34.6 Å². The first-order valence-corrected chi connectivity index (χ1v) is 20.0. The van der Waals surface area contributed by atoms with Crippen molar-refractivity contribution in [1.82, 2.24) is 0 Å². The van der Waals surface area contributed by atoms with Gasteiger partial charge in [-0.25, -0.2) is 4.79 Å². The van der Waals surface area contributed by atoms with Crippen molar-refractivity contribution in [2.24, 2.45) is 0 Å². The molecule has 0 bridgehead atoms. The molecule has 0 unspecified atom stereocenters. The number of aryl methyl sites for hydroxylation is 4. The maximum atomic E-state index is 10.5. The van der Waals surface area contributed by atoms with Crippen LogP contribution in [0.2, 0.25) is 0 Å². The summed E-state index contributed by atoms with van der Waals surface area (Å²) in [7, 11) is 3.05. The topological polar surface area (TPSA) is 80.3 Å². The number of carbonyl (C=O) groups excluding carboxylic acids is 2. The molecule has 7 nitrogen and oxygen atoms in total. The van der Waals surface area contributed by atoms with Crippen molar-refractivity contribution in [1.29, 1.82) is 0 Å². The predicted octanol–water partition coefficient (Wildman–Crippen LogP) is 14.1. The molecule has 0 spiro atoms. The van der Waals surface area contributed by atoms with Crippen LogP contribution in [0.1, 0.15) is 114 Å². The highest BCUT2D eigenvalue weighted by atomic mass is 16.8. The molecular formula is C53H72O7. The van der Waals surface area contributed by atoms with E-state index in [0.717, 1.165) is 5.75 Å². The molecule has 0 saturated heterocycles. The number of carbonyl (C=O) groups is 2. The van der Waals surface area contributed by atoms with E-state index in [1.165, 1.54) is 96.2 Å². The Morgan fingerprint density at radius 3 is 1.27 bits per heavy atom.